The van der Waals surface area contributed by atoms with E-state index in [9.17, 15) is 4.79 Å². The summed E-state index contributed by atoms with van der Waals surface area (Å²) in [6.07, 6.45) is 3.81. The van der Waals surface area contributed by atoms with Gasteiger partial charge in [0.25, 0.3) is 0 Å². The highest BCUT2D eigenvalue weighted by Gasteiger charge is 2.21. The molecule has 7 heteroatoms. The van der Waals surface area contributed by atoms with E-state index in [2.05, 4.69) is 22.5 Å². The molecule has 1 aromatic carbocycles. The van der Waals surface area contributed by atoms with Crippen LogP contribution in [0.5, 0.6) is 0 Å². The molecule has 1 aliphatic heterocycles. The number of carbonyl (C=O) groups excluding carboxylic acids is 1. The lowest BCUT2D eigenvalue weighted by Crippen LogP contribution is -2.47. The molecule has 2 rings (SSSR count). The number of aliphatic imine (C=N–C) groups is 1. The van der Waals surface area contributed by atoms with Crippen LogP contribution in [-0.4, -0.2) is 62.8 Å². The Balaban J connectivity index is 1.88. The monoisotopic (exact) mass is 432 g/mol. The summed E-state index contributed by atoms with van der Waals surface area (Å²) in [6.45, 7) is 11.0. The maximum Gasteiger partial charge on any atom is 0.224 e. The Bertz CT molecular complexity index is 685. The molecule has 0 aromatic heterocycles. The van der Waals surface area contributed by atoms with Gasteiger partial charge in [-0.15, -0.1) is 0 Å². The molecule has 0 saturated carbocycles. The number of likely N-dealkylation sites (tertiary alicyclic amines) is 1. The number of hydrogen-bond donors (Lipinski definition) is 2. The summed E-state index contributed by atoms with van der Waals surface area (Å²) in [5.74, 6) is 1.33. The number of ether oxygens (including phenoxy) is 2. The minimum Gasteiger partial charge on any atom is -0.385 e. The number of nitrogens with one attached hydrogen (secondary N) is 2. The molecule has 1 fully saturated rings. The minimum absolute atomic E-state index is 0.0521. The van der Waals surface area contributed by atoms with Crippen LogP contribution in [0.4, 0.5) is 5.69 Å². The van der Waals surface area contributed by atoms with Crippen molar-refractivity contribution in [3.63, 3.8) is 0 Å². The van der Waals surface area contributed by atoms with Gasteiger partial charge in [-0.1, -0.05) is 26.0 Å². The first kappa shape index (κ1) is 25.1. The molecule has 31 heavy (non-hydrogen) atoms. The average molecular weight is 433 g/mol. The van der Waals surface area contributed by atoms with Crippen molar-refractivity contribution < 1.29 is 14.3 Å². The zero-order chi connectivity index (χ0) is 22.5. The van der Waals surface area contributed by atoms with Crippen molar-refractivity contribution in [2.45, 2.75) is 59.1 Å². The molecule has 1 heterocycles. The molecule has 0 radical (unpaired) electrons. The van der Waals surface area contributed by atoms with Gasteiger partial charge in [-0.05, 0) is 49.8 Å². The highest BCUT2D eigenvalue weighted by Crippen LogP contribution is 2.16. The van der Waals surface area contributed by atoms with Gasteiger partial charge in [-0.25, -0.2) is 4.99 Å². The first-order valence-electron chi connectivity index (χ1n) is 11.5. The molecule has 1 saturated heterocycles. The second-order valence-electron chi connectivity index (χ2n) is 8.42. The number of benzene rings is 1. The third-order valence-corrected chi connectivity index (χ3v) is 5.14. The number of methoxy groups -OCH3 is 1. The lowest BCUT2D eigenvalue weighted by Gasteiger charge is -2.34. The summed E-state index contributed by atoms with van der Waals surface area (Å²) in [4.78, 5) is 19.2. The van der Waals surface area contributed by atoms with Gasteiger partial charge in [0.05, 0.1) is 12.6 Å². The van der Waals surface area contributed by atoms with Crippen LogP contribution >= 0.6 is 0 Å². The molecule has 0 bridgehead atoms. The zero-order valence-electron chi connectivity index (χ0n) is 19.7. The van der Waals surface area contributed by atoms with Crippen molar-refractivity contribution in [1.29, 1.82) is 0 Å². The van der Waals surface area contributed by atoms with Gasteiger partial charge in [0, 0.05) is 52.1 Å². The Morgan fingerprint density at radius 2 is 2.03 bits per heavy atom. The predicted molar refractivity (Wildman–Crippen MR) is 126 cm³/mol. The van der Waals surface area contributed by atoms with Crippen LogP contribution in [0.25, 0.3) is 0 Å². The number of carbonyl (C=O) groups is 1. The Labute approximate surface area is 187 Å². The van der Waals surface area contributed by atoms with Crippen molar-refractivity contribution >= 4 is 17.6 Å². The predicted octanol–water partition coefficient (Wildman–Crippen LogP) is 3.65. The minimum atomic E-state index is 0.0521. The van der Waals surface area contributed by atoms with Gasteiger partial charge in [0.1, 0.15) is 0 Å². The summed E-state index contributed by atoms with van der Waals surface area (Å²) in [7, 11) is 1.72. The molecule has 1 aliphatic rings. The second kappa shape index (κ2) is 14.0. The number of hydrogen-bond acceptors (Lipinski definition) is 4. The molecular weight excluding hydrogens is 392 g/mol. The van der Waals surface area contributed by atoms with Crippen molar-refractivity contribution in [2.24, 2.45) is 10.9 Å². The van der Waals surface area contributed by atoms with E-state index in [1.165, 1.54) is 0 Å². The smallest absolute Gasteiger partial charge is 0.224 e. The van der Waals surface area contributed by atoms with Gasteiger partial charge in [-0.3, -0.25) is 4.79 Å². The van der Waals surface area contributed by atoms with Crippen molar-refractivity contribution in [1.82, 2.24) is 10.2 Å². The van der Waals surface area contributed by atoms with E-state index in [1.54, 1.807) is 7.11 Å². The number of rotatable bonds is 11. The normalized spacial score (nSPS) is 15.4. The number of anilines is 1. The molecule has 0 atom stereocenters. The lowest BCUT2D eigenvalue weighted by molar-refractivity contribution is -0.116. The summed E-state index contributed by atoms with van der Waals surface area (Å²) >= 11 is 0. The van der Waals surface area contributed by atoms with E-state index in [4.69, 9.17) is 14.5 Å². The van der Waals surface area contributed by atoms with Crippen LogP contribution in [0.2, 0.25) is 0 Å². The number of piperidine rings is 1. The van der Waals surface area contributed by atoms with Crippen molar-refractivity contribution in [3.8, 4) is 0 Å². The van der Waals surface area contributed by atoms with Crippen molar-refractivity contribution in [2.75, 3.05) is 45.3 Å². The van der Waals surface area contributed by atoms with E-state index < -0.39 is 0 Å². The second-order valence-corrected chi connectivity index (χ2v) is 8.42. The SMILES string of the molecule is CCNC(=NCc1cccc(NC(=O)CC(C)C)c1)N1CCC(OCCCOC)CC1. The molecule has 0 aliphatic carbocycles. The zero-order valence-corrected chi connectivity index (χ0v) is 19.7. The molecule has 1 amide bonds. The van der Waals surface area contributed by atoms with E-state index in [1.807, 2.05) is 38.1 Å². The third-order valence-electron chi connectivity index (χ3n) is 5.14. The molecule has 0 unspecified atom stereocenters. The summed E-state index contributed by atoms with van der Waals surface area (Å²) in [5.41, 5.74) is 1.91. The average Bonchev–Trinajstić information content (AvgIpc) is 2.74. The van der Waals surface area contributed by atoms with Crippen LogP contribution < -0.4 is 10.6 Å². The Morgan fingerprint density at radius 3 is 2.71 bits per heavy atom. The van der Waals surface area contributed by atoms with E-state index >= 15 is 0 Å². The van der Waals surface area contributed by atoms with Gasteiger partial charge < -0.3 is 25.0 Å². The maximum atomic E-state index is 12.0. The summed E-state index contributed by atoms with van der Waals surface area (Å²) in [6, 6.07) is 7.94. The fourth-order valence-electron chi connectivity index (χ4n) is 3.61. The molecule has 1 aromatic rings. The largest absolute Gasteiger partial charge is 0.385 e. The van der Waals surface area contributed by atoms with Crippen LogP contribution in [-0.2, 0) is 20.8 Å². The molecular formula is C24H40N4O3. The van der Waals surface area contributed by atoms with Crippen molar-refractivity contribution in [3.05, 3.63) is 29.8 Å². The highest BCUT2D eigenvalue weighted by molar-refractivity contribution is 5.90. The fraction of sp³-hybridized carbons (Fsp3) is 0.667. The van der Waals surface area contributed by atoms with Gasteiger partial charge in [0.2, 0.25) is 5.91 Å². The van der Waals surface area contributed by atoms with E-state index in [0.29, 0.717) is 25.0 Å². The number of nitrogens with zero attached hydrogens (tertiary/aromatic N) is 2. The summed E-state index contributed by atoms with van der Waals surface area (Å²) < 4.78 is 11.0. The van der Waals surface area contributed by atoms with E-state index in [-0.39, 0.29) is 5.91 Å². The number of amides is 1. The van der Waals surface area contributed by atoms with Crippen LogP contribution in [0, 0.1) is 5.92 Å². The molecule has 0 spiro atoms. The van der Waals surface area contributed by atoms with Crippen LogP contribution in [0.3, 0.4) is 0 Å². The van der Waals surface area contributed by atoms with Gasteiger partial charge >= 0.3 is 0 Å². The number of guanidine groups is 1. The van der Waals surface area contributed by atoms with E-state index in [0.717, 1.165) is 69.3 Å². The van der Waals surface area contributed by atoms with Gasteiger partial charge in [-0.2, -0.15) is 0 Å². The molecule has 174 valence electrons. The first-order valence-corrected chi connectivity index (χ1v) is 11.5. The van der Waals surface area contributed by atoms with Crippen LogP contribution in [0.15, 0.2) is 29.3 Å². The lowest BCUT2D eigenvalue weighted by atomic mass is 10.1. The Hall–Kier alpha value is -2.12. The molecule has 2 N–H and O–H groups in total. The summed E-state index contributed by atoms with van der Waals surface area (Å²) in [5, 5.41) is 6.40. The molecule has 7 nitrogen and oxygen atoms in total. The Morgan fingerprint density at radius 1 is 1.26 bits per heavy atom. The van der Waals surface area contributed by atoms with Gasteiger partial charge in [0.15, 0.2) is 5.96 Å². The maximum absolute atomic E-state index is 12.0. The van der Waals surface area contributed by atoms with Crippen LogP contribution in [0.1, 0.15) is 52.0 Å². The topological polar surface area (TPSA) is 75.2 Å². The first-order chi connectivity index (χ1) is 15.0. The standard InChI is InChI=1S/C24H40N4O3/c1-5-25-24(28-12-10-22(11-13-28)31-15-7-14-30-4)26-18-20-8-6-9-21(17-20)27-23(29)16-19(2)3/h6,8-9,17,19,22H,5,7,10-16,18H2,1-4H3,(H,25,26)(H,27,29). The Kier molecular flexibility index (Phi) is 11.4. The third kappa shape index (κ3) is 9.70. The highest BCUT2D eigenvalue weighted by atomic mass is 16.5. The quantitative estimate of drug-likeness (QED) is 0.317. The fourth-order valence-corrected chi connectivity index (χ4v) is 3.61.